The Bertz CT molecular complexity index is 321. The Labute approximate surface area is 83.1 Å². The van der Waals surface area contributed by atoms with Crippen LogP contribution >= 0.6 is 0 Å². The van der Waals surface area contributed by atoms with Gasteiger partial charge in [-0.25, -0.2) is 4.98 Å². The van der Waals surface area contributed by atoms with Gasteiger partial charge in [0.05, 0.1) is 12.2 Å². The molecule has 0 spiro atoms. The molecule has 0 bridgehead atoms. The highest BCUT2D eigenvalue weighted by molar-refractivity contribution is 5.77. The van der Waals surface area contributed by atoms with Gasteiger partial charge < -0.3 is 4.74 Å². The Hall–Kier alpha value is -1.38. The quantitative estimate of drug-likeness (QED) is 0.669. The van der Waals surface area contributed by atoms with Crippen molar-refractivity contribution in [2.24, 2.45) is 5.92 Å². The summed E-state index contributed by atoms with van der Waals surface area (Å²) in [6.45, 7) is 0.669. The van der Waals surface area contributed by atoms with E-state index >= 15 is 0 Å². The van der Waals surface area contributed by atoms with E-state index in [1.165, 1.54) is 12.8 Å². The number of aromatic nitrogens is 1. The van der Waals surface area contributed by atoms with Crippen LogP contribution < -0.4 is 4.74 Å². The molecule has 0 aliphatic heterocycles. The maximum Gasteiger partial charge on any atom is 0.224 e. The van der Waals surface area contributed by atoms with E-state index < -0.39 is 0 Å². The molecular weight excluding hydrogens is 178 g/mol. The first-order chi connectivity index (χ1) is 6.90. The van der Waals surface area contributed by atoms with E-state index in [1.807, 2.05) is 0 Å². The van der Waals surface area contributed by atoms with Crippen LogP contribution in [0.15, 0.2) is 18.3 Å². The predicted molar refractivity (Wildman–Crippen MR) is 52.5 cm³/mol. The minimum absolute atomic E-state index is 0.461. The molecule has 1 aromatic rings. The lowest BCUT2D eigenvalue weighted by atomic mass is 10.3. The molecule has 0 atom stereocenters. The Morgan fingerprint density at radius 2 is 2.43 bits per heavy atom. The summed E-state index contributed by atoms with van der Waals surface area (Å²) in [7, 11) is 0. The van der Waals surface area contributed by atoms with Gasteiger partial charge >= 0.3 is 0 Å². The molecule has 0 unspecified atom stereocenters. The molecule has 0 N–H and O–H groups in total. The smallest absolute Gasteiger partial charge is 0.224 e. The largest absolute Gasteiger partial charge is 0.477 e. The first kappa shape index (κ1) is 9.19. The predicted octanol–water partition coefficient (Wildman–Crippen LogP) is 2.07. The highest BCUT2D eigenvalue weighted by atomic mass is 16.5. The average Bonchev–Trinajstić information content (AvgIpc) is 3.03. The zero-order valence-corrected chi connectivity index (χ0v) is 7.98. The Balaban J connectivity index is 1.89. The fraction of sp³-hybridized carbons (Fsp3) is 0.455. The van der Waals surface area contributed by atoms with Crippen LogP contribution in [0.5, 0.6) is 5.88 Å². The van der Waals surface area contributed by atoms with Crippen molar-refractivity contribution < 1.29 is 9.53 Å². The Kier molecular flexibility index (Phi) is 2.77. The first-order valence-corrected chi connectivity index (χ1v) is 4.93. The monoisotopic (exact) mass is 191 g/mol. The molecule has 74 valence electrons. The summed E-state index contributed by atoms with van der Waals surface area (Å²) < 4.78 is 5.44. The summed E-state index contributed by atoms with van der Waals surface area (Å²) >= 11 is 0. The van der Waals surface area contributed by atoms with Crippen LogP contribution in [0.25, 0.3) is 0 Å². The molecule has 1 aliphatic rings. The number of ether oxygens (including phenoxy) is 1. The maximum absolute atomic E-state index is 10.6. The highest BCUT2D eigenvalue weighted by Gasteiger charge is 2.20. The Morgan fingerprint density at radius 1 is 1.57 bits per heavy atom. The fourth-order valence-electron chi connectivity index (χ4n) is 1.34. The number of nitrogens with zero attached hydrogens (tertiary/aromatic N) is 1. The normalized spacial score (nSPS) is 15.1. The molecule has 0 amide bonds. The molecule has 2 rings (SSSR count). The number of carbonyl (C=O) groups excluding carboxylic acids is 1. The van der Waals surface area contributed by atoms with Crippen molar-refractivity contribution in [3.8, 4) is 5.88 Å². The number of hydrogen-bond acceptors (Lipinski definition) is 3. The number of carbonyl (C=O) groups is 1. The van der Waals surface area contributed by atoms with Gasteiger partial charge in [-0.2, -0.15) is 0 Å². The van der Waals surface area contributed by atoms with E-state index in [0.717, 1.165) is 18.6 Å². The highest BCUT2D eigenvalue weighted by Crippen LogP contribution is 2.32. The zero-order chi connectivity index (χ0) is 9.80. The molecule has 3 heteroatoms. The van der Waals surface area contributed by atoms with Gasteiger partial charge in [0.2, 0.25) is 5.88 Å². The molecule has 0 radical (unpaired) electrons. The molecular formula is C11H13NO2. The fourth-order valence-corrected chi connectivity index (χ4v) is 1.34. The molecule has 14 heavy (non-hydrogen) atoms. The summed E-state index contributed by atoms with van der Waals surface area (Å²) in [5.41, 5.74) is 0.531. The molecule has 1 fully saturated rings. The lowest BCUT2D eigenvalue weighted by molar-refractivity contribution is 0.111. The molecule has 3 nitrogen and oxygen atoms in total. The van der Waals surface area contributed by atoms with Crippen LogP contribution in [0.2, 0.25) is 0 Å². The van der Waals surface area contributed by atoms with Gasteiger partial charge in [0.15, 0.2) is 6.29 Å². The SMILES string of the molecule is O=Cc1cccnc1OCCC1CC1. The Morgan fingerprint density at radius 3 is 3.14 bits per heavy atom. The third-order valence-electron chi connectivity index (χ3n) is 2.39. The molecule has 1 aliphatic carbocycles. The standard InChI is InChI=1S/C11H13NO2/c13-8-10-2-1-6-12-11(10)14-7-5-9-3-4-9/h1-2,6,8-9H,3-5,7H2. The molecule has 1 saturated carbocycles. The summed E-state index contributed by atoms with van der Waals surface area (Å²) in [4.78, 5) is 14.6. The summed E-state index contributed by atoms with van der Waals surface area (Å²) in [5, 5.41) is 0. The second-order valence-corrected chi connectivity index (χ2v) is 3.60. The molecule has 1 aromatic heterocycles. The van der Waals surface area contributed by atoms with Gasteiger partial charge in [0, 0.05) is 6.20 Å². The number of rotatable bonds is 5. The minimum Gasteiger partial charge on any atom is -0.477 e. The summed E-state index contributed by atoms with van der Waals surface area (Å²) in [6, 6.07) is 3.45. The number of pyridine rings is 1. The third-order valence-corrected chi connectivity index (χ3v) is 2.39. The van der Waals surface area contributed by atoms with Crippen LogP contribution in [0.4, 0.5) is 0 Å². The van der Waals surface area contributed by atoms with Gasteiger partial charge in [-0.05, 0) is 24.5 Å². The van der Waals surface area contributed by atoms with Crippen molar-refractivity contribution >= 4 is 6.29 Å². The van der Waals surface area contributed by atoms with Gasteiger partial charge in [0.1, 0.15) is 0 Å². The molecule has 0 saturated heterocycles. The van der Waals surface area contributed by atoms with Crippen LogP contribution in [-0.2, 0) is 0 Å². The van der Waals surface area contributed by atoms with E-state index in [1.54, 1.807) is 18.3 Å². The lowest BCUT2D eigenvalue weighted by Crippen LogP contribution is -2.02. The second kappa shape index (κ2) is 4.22. The molecule has 1 heterocycles. The van der Waals surface area contributed by atoms with E-state index in [0.29, 0.717) is 18.1 Å². The van der Waals surface area contributed by atoms with Gasteiger partial charge in [-0.15, -0.1) is 0 Å². The van der Waals surface area contributed by atoms with Crippen LogP contribution in [-0.4, -0.2) is 17.9 Å². The third kappa shape index (κ3) is 2.31. The van der Waals surface area contributed by atoms with Crippen molar-refractivity contribution in [1.82, 2.24) is 4.98 Å². The molecule has 0 aromatic carbocycles. The topological polar surface area (TPSA) is 39.2 Å². The van der Waals surface area contributed by atoms with Gasteiger partial charge in [-0.3, -0.25) is 4.79 Å². The number of aldehydes is 1. The summed E-state index contributed by atoms with van der Waals surface area (Å²) in [6.07, 6.45) is 6.14. The van der Waals surface area contributed by atoms with Crippen molar-refractivity contribution in [1.29, 1.82) is 0 Å². The van der Waals surface area contributed by atoms with E-state index in [9.17, 15) is 4.79 Å². The minimum atomic E-state index is 0.461. The van der Waals surface area contributed by atoms with Crippen LogP contribution in [0.3, 0.4) is 0 Å². The first-order valence-electron chi connectivity index (χ1n) is 4.93. The van der Waals surface area contributed by atoms with Gasteiger partial charge in [0.25, 0.3) is 0 Å². The van der Waals surface area contributed by atoms with Crippen molar-refractivity contribution in [3.63, 3.8) is 0 Å². The summed E-state index contributed by atoms with van der Waals surface area (Å²) in [5.74, 6) is 1.31. The maximum atomic E-state index is 10.6. The van der Waals surface area contributed by atoms with Crippen molar-refractivity contribution in [2.75, 3.05) is 6.61 Å². The second-order valence-electron chi connectivity index (χ2n) is 3.60. The van der Waals surface area contributed by atoms with E-state index in [4.69, 9.17) is 4.74 Å². The van der Waals surface area contributed by atoms with E-state index in [2.05, 4.69) is 4.98 Å². The average molecular weight is 191 g/mol. The lowest BCUT2D eigenvalue weighted by Gasteiger charge is -2.05. The zero-order valence-electron chi connectivity index (χ0n) is 7.98. The van der Waals surface area contributed by atoms with Gasteiger partial charge in [-0.1, -0.05) is 12.8 Å². The van der Waals surface area contributed by atoms with Crippen LogP contribution in [0, 0.1) is 5.92 Å². The van der Waals surface area contributed by atoms with Crippen molar-refractivity contribution in [3.05, 3.63) is 23.9 Å². The van der Waals surface area contributed by atoms with Crippen molar-refractivity contribution in [2.45, 2.75) is 19.3 Å². The number of hydrogen-bond donors (Lipinski definition) is 0. The van der Waals surface area contributed by atoms with E-state index in [-0.39, 0.29) is 0 Å². The van der Waals surface area contributed by atoms with Crippen LogP contribution in [0.1, 0.15) is 29.6 Å².